The zero-order valence-electron chi connectivity index (χ0n) is 16.3. The van der Waals surface area contributed by atoms with Gasteiger partial charge in [-0.3, -0.25) is 0 Å². The lowest BCUT2D eigenvalue weighted by atomic mass is 9.99. The zero-order valence-corrected chi connectivity index (χ0v) is 17.1. The van der Waals surface area contributed by atoms with Gasteiger partial charge in [-0.15, -0.1) is 10.2 Å². The number of hydrogen-bond donors (Lipinski definition) is 1. The summed E-state index contributed by atoms with van der Waals surface area (Å²) in [7, 11) is 0. The van der Waals surface area contributed by atoms with Gasteiger partial charge in [0.15, 0.2) is 23.1 Å². The summed E-state index contributed by atoms with van der Waals surface area (Å²) < 4.78 is 10.8. The van der Waals surface area contributed by atoms with E-state index in [1.165, 1.54) is 12.8 Å². The smallest absolute Gasteiger partial charge is 0.231 e. The Morgan fingerprint density at radius 1 is 1.03 bits per heavy atom. The van der Waals surface area contributed by atoms with E-state index in [1.807, 2.05) is 36.4 Å². The van der Waals surface area contributed by atoms with E-state index in [-0.39, 0.29) is 6.79 Å². The van der Waals surface area contributed by atoms with Crippen LogP contribution in [0.4, 0.5) is 11.6 Å². The van der Waals surface area contributed by atoms with Crippen LogP contribution < -0.4 is 19.7 Å². The van der Waals surface area contributed by atoms with Crippen LogP contribution in [-0.2, 0) is 6.54 Å². The van der Waals surface area contributed by atoms with Gasteiger partial charge in [-0.1, -0.05) is 24.6 Å². The van der Waals surface area contributed by atoms with E-state index >= 15 is 0 Å². The van der Waals surface area contributed by atoms with Crippen molar-refractivity contribution in [1.82, 2.24) is 10.2 Å². The molecule has 2 aliphatic heterocycles. The number of rotatable bonds is 4. The number of piperidine rings is 1. The summed E-state index contributed by atoms with van der Waals surface area (Å²) in [6.45, 7) is 5.21. The number of aromatic nitrogens is 2. The first-order valence-corrected chi connectivity index (χ1v) is 10.4. The van der Waals surface area contributed by atoms with Crippen LogP contribution in [0.25, 0.3) is 10.8 Å². The van der Waals surface area contributed by atoms with E-state index in [1.54, 1.807) is 0 Å². The van der Waals surface area contributed by atoms with Gasteiger partial charge in [0.2, 0.25) is 6.79 Å². The van der Waals surface area contributed by atoms with E-state index in [0.717, 1.165) is 58.5 Å². The zero-order chi connectivity index (χ0) is 19.8. The fourth-order valence-electron chi connectivity index (χ4n) is 3.93. The van der Waals surface area contributed by atoms with Crippen LogP contribution in [-0.4, -0.2) is 30.1 Å². The van der Waals surface area contributed by atoms with Crippen molar-refractivity contribution in [2.45, 2.75) is 26.3 Å². The van der Waals surface area contributed by atoms with Crippen molar-refractivity contribution in [3.8, 4) is 11.5 Å². The molecule has 3 aromatic rings. The molecule has 3 heterocycles. The maximum Gasteiger partial charge on any atom is 0.231 e. The SMILES string of the molecule is CC1CCN(c2nnc(NCc3ccc4c(c3)OCO4)c3cc(Cl)ccc23)CC1. The van der Waals surface area contributed by atoms with Crippen LogP contribution in [0.1, 0.15) is 25.3 Å². The summed E-state index contributed by atoms with van der Waals surface area (Å²) in [6.07, 6.45) is 2.36. The lowest BCUT2D eigenvalue weighted by molar-refractivity contribution is 0.174. The fourth-order valence-corrected chi connectivity index (χ4v) is 4.11. The molecule has 1 saturated heterocycles. The molecule has 0 spiro atoms. The molecule has 2 aromatic carbocycles. The van der Waals surface area contributed by atoms with Crippen LogP contribution in [0.3, 0.4) is 0 Å². The van der Waals surface area contributed by atoms with Gasteiger partial charge in [0.05, 0.1) is 0 Å². The molecule has 29 heavy (non-hydrogen) atoms. The summed E-state index contributed by atoms with van der Waals surface area (Å²) in [5.74, 6) is 4.00. The van der Waals surface area contributed by atoms with Crippen molar-refractivity contribution in [3.05, 3.63) is 47.0 Å². The lowest BCUT2D eigenvalue weighted by Crippen LogP contribution is -2.33. The third kappa shape index (κ3) is 3.65. The second-order valence-electron chi connectivity index (χ2n) is 7.77. The number of nitrogens with one attached hydrogen (secondary N) is 1. The van der Waals surface area contributed by atoms with E-state index in [9.17, 15) is 0 Å². The van der Waals surface area contributed by atoms with Crippen molar-refractivity contribution in [1.29, 1.82) is 0 Å². The highest BCUT2D eigenvalue weighted by Gasteiger charge is 2.21. The third-order valence-corrected chi connectivity index (χ3v) is 5.94. The number of benzene rings is 2. The molecule has 5 rings (SSSR count). The van der Waals surface area contributed by atoms with Crippen LogP contribution in [0, 0.1) is 5.92 Å². The number of nitrogens with zero attached hydrogens (tertiary/aromatic N) is 3. The van der Waals surface area contributed by atoms with Gasteiger partial charge < -0.3 is 19.7 Å². The topological polar surface area (TPSA) is 59.5 Å². The van der Waals surface area contributed by atoms with Crippen molar-refractivity contribution < 1.29 is 9.47 Å². The minimum atomic E-state index is 0.275. The average molecular weight is 411 g/mol. The van der Waals surface area contributed by atoms with Gasteiger partial charge in [0, 0.05) is 35.4 Å². The molecule has 1 fully saturated rings. The van der Waals surface area contributed by atoms with Gasteiger partial charge >= 0.3 is 0 Å². The number of halogens is 1. The maximum absolute atomic E-state index is 6.31. The predicted octanol–water partition coefficient (Wildman–Crippen LogP) is 4.86. The molecule has 1 aromatic heterocycles. The molecule has 0 atom stereocenters. The Bertz CT molecular complexity index is 1050. The first-order chi connectivity index (χ1) is 14.2. The van der Waals surface area contributed by atoms with Crippen molar-refractivity contribution in [2.24, 2.45) is 5.92 Å². The summed E-state index contributed by atoms with van der Waals surface area (Å²) in [4.78, 5) is 2.34. The highest BCUT2D eigenvalue weighted by Crippen LogP contribution is 2.34. The lowest BCUT2D eigenvalue weighted by Gasteiger charge is -2.31. The molecule has 0 bridgehead atoms. The van der Waals surface area contributed by atoms with E-state index in [0.29, 0.717) is 11.6 Å². The van der Waals surface area contributed by atoms with Gasteiger partial charge in [0.1, 0.15) is 0 Å². The molecular weight excluding hydrogens is 388 g/mol. The minimum Gasteiger partial charge on any atom is -0.454 e. The summed E-state index contributed by atoms with van der Waals surface area (Å²) in [5, 5.41) is 15.3. The first-order valence-electron chi connectivity index (χ1n) is 10.0. The number of hydrogen-bond acceptors (Lipinski definition) is 6. The number of anilines is 2. The van der Waals surface area contributed by atoms with Crippen molar-refractivity contribution >= 4 is 34.0 Å². The first kappa shape index (κ1) is 18.3. The van der Waals surface area contributed by atoms with Gasteiger partial charge in [-0.25, -0.2) is 0 Å². The van der Waals surface area contributed by atoms with Gasteiger partial charge in [-0.05, 0) is 54.7 Å². The Balaban J connectivity index is 1.43. The largest absolute Gasteiger partial charge is 0.454 e. The molecule has 0 aliphatic carbocycles. The quantitative estimate of drug-likeness (QED) is 0.662. The van der Waals surface area contributed by atoms with Gasteiger partial charge in [0.25, 0.3) is 0 Å². The molecule has 2 aliphatic rings. The maximum atomic E-state index is 6.31. The van der Waals surface area contributed by atoms with E-state index < -0.39 is 0 Å². The standard InChI is InChI=1S/C22H23ClN4O2/c1-14-6-8-27(9-7-14)22-17-4-3-16(23)11-18(17)21(25-26-22)24-12-15-2-5-19-20(10-15)29-13-28-19/h2-5,10-11,14H,6-9,12-13H2,1H3,(H,24,25). The molecular formula is C22H23ClN4O2. The van der Waals surface area contributed by atoms with Crippen molar-refractivity contribution in [2.75, 3.05) is 30.1 Å². The number of fused-ring (bicyclic) bond motifs is 2. The molecule has 1 N–H and O–H groups in total. The van der Waals surface area contributed by atoms with Crippen LogP contribution >= 0.6 is 11.6 Å². The molecule has 0 amide bonds. The Morgan fingerprint density at radius 3 is 2.72 bits per heavy atom. The predicted molar refractivity (Wildman–Crippen MR) is 115 cm³/mol. The average Bonchev–Trinajstić information content (AvgIpc) is 3.20. The third-order valence-electron chi connectivity index (χ3n) is 5.70. The molecule has 7 heteroatoms. The minimum absolute atomic E-state index is 0.275. The van der Waals surface area contributed by atoms with E-state index in [2.05, 4.69) is 27.3 Å². The second kappa shape index (κ2) is 7.59. The van der Waals surface area contributed by atoms with Gasteiger partial charge in [-0.2, -0.15) is 0 Å². The van der Waals surface area contributed by atoms with E-state index in [4.69, 9.17) is 21.1 Å². The molecule has 0 radical (unpaired) electrons. The molecule has 0 saturated carbocycles. The molecule has 150 valence electrons. The fraction of sp³-hybridized carbons (Fsp3) is 0.364. The highest BCUT2D eigenvalue weighted by molar-refractivity contribution is 6.31. The van der Waals surface area contributed by atoms with Crippen LogP contribution in [0.15, 0.2) is 36.4 Å². The summed E-state index contributed by atoms with van der Waals surface area (Å²) in [5.41, 5.74) is 1.08. The molecule has 6 nitrogen and oxygen atoms in total. The Kier molecular flexibility index (Phi) is 4.79. The van der Waals surface area contributed by atoms with Crippen LogP contribution in [0.2, 0.25) is 5.02 Å². The normalized spacial score (nSPS) is 16.4. The Morgan fingerprint density at radius 2 is 1.86 bits per heavy atom. The second-order valence-corrected chi connectivity index (χ2v) is 8.21. The Hall–Kier alpha value is -2.73. The number of ether oxygens (including phenoxy) is 2. The van der Waals surface area contributed by atoms with Crippen LogP contribution in [0.5, 0.6) is 11.5 Å². The monoisotopic (exact) mass is 410 g/mol. The summed E-state index contributed by atoms with van der Waals surface area (Å²) >= 11 is 6.31. The molecule has 0 unspecified atom stereocenters. The van der Waals surface area contributed by atoms with Crippen molar-refractivity contribution in [3.63, 3.8) is 0 Å². The summed E-state index contributed by atoms with van der Waals surface area (Å²) in [6, 6.07) is 11.9. The highest BCUT2D eigenvalue weighted by atomic mass is 35.5. The Labute approximate surface area is 174 Å².